The Bertz CT molecular complexity index is 628. The van der Waals surface area contributed by atoms with Gasteiger partial charge in [-0.1, -0.05) is 12.1 Å². The predicted molar refractivity (Wildman–Crippen MR) is 72.6 cm³/mol. The summed E-state index contributed by atoms with van der Waals surface area (Å²) in [4.78, 5) is 5.41. The van der Waals surface area contributed by atoms with Gasteiger partial charge in [0, 0.05) is 29.9 Å². The molecule has 4 nitrogen and oxygen atoms in total. The minimum Gasteiger partial charge on any atom is -0.399 e. The van der Waals surface area contributed by atoms with Gasteiger partial charge in [0.2, 0.25) is 0 Å². The van der Waals surface area contributed by atoms with Crippen molar-refractivity contribution in [2.24, 2.45) is 0 Å². The third-order valence-corrected chi connectivity index (χ3v) is 3.64. The van der Waals surface area contributed by atoms with E-state index in [1.807, 2.05) is 34.3 Å². The Balaban J connectivity index is 1.79. The molecule has 2 heterocycles. The fourth-order valence-electron chi connectivity index (χ4n) is 1.91. The van der Waals surface area contributed by atoms with Gasteiger partial charge in [-0.3, -0.25) is 4.40 Å². The highest BCUT2D eigenvalue weighted by Gasteiger charge is 2.11. The predicted octanol–water partition coefficient (Wildman–Crippen LogP) is 2.25. The number of hydrogen-bond acceptors (Lipinski definition) is 4. The van der Waals surface area contributed by atoms with Gasteiger partial charge in [-0.25, -0.2) is 4.98 Å². The minimum atomic E-state index is -0.546. The molecule has 0 radical (unpaired) electrons. The van der Waals surface area contributed by atoms with Gasteiger partial charge < -0.3 is 10.8 Å². The quantitative estimate of drug-likeness (QED) is 0.709. The lowest BCUT2D eigenvalue weighted by Crippen LogP contribution is -2.02. The normalized spacial score (nSPS) is 12.9. The number of aromatic nitrogens is 2. The van der Waals surface area contributed by atoms with Crippen LogP contribution in [0.1, 0.15) is 17.4 Å². The molecule has 0 saturated carbocycles. The Kier molecular flexibility index (Phi) is 2.77. The Labute approximate surface area is 108 Å². The standard InChI is InChI=1S/C13H13N3OS/c14-10-3-1-9(2-4-10)12(17)7-11-8-16-5-6-18-13(16)15-11/h1-6,8,12,17H,7,14H2. The van der Waals surface area contributed by atoms with Crippen LogP contribution in [0.3, 0.4) is 0 Å². The third-order valence-electron chi connectivity index (χ3n) is 2.87. The first kappa shape index (κ1) is 11.3. The summed E-state index contributed by atoms with van der Waals surface area (Å²) < 4.78 is 1.97. The Morgan fingerprint density at radius 2 is 2.11 bits per heavy atom. The maximum Gasteiger partial charge on any atom is 0.193 e. The minimum absolute atomic E-state index is 0.512. The lowest BCUT2D eigenvalue weighted by atomic mass is 10.1. The molecule has 2 aromatic heterocycles. The molecule has 0 aliphatic carbocycles. The summed E-state index contributed by atoms with van der Waals surface area (Å²) in [7, 11) is 0. The van der Waals surface area contributed by atoms with Crippen LogP contribution in [0.5, 0.6) is 0 Å². The van der Waals surface area contributed by atoms with Crippen molar-refractivity contribution in [1.82, 2.24) is 9.38 Å². The summed E-state index contributed by atoms with van der Waals surface area (Å²) in [5.41, 5.74) is 8.08. The van der Waals surface area contributed by atoms with Gasteiger partial charge >= 0.3 is 0 Å². The summed E-state index contributed by atoms with van der Waals surface area (Å²) in [6, 6.07) is 7.28. The van der Waals surface area contributed by atoms with Crippen molar-refractivity contribution in [2.45, 2.75) is 12.5 Å². The number of aliphatic hydroxyl groups excluding tert-OH is 1. The van der Waals surface area contributed by atoms with E-state index in [1.54, 1.807) is 23.5 Å². The van der Waals surface area contributed by atoms with Crippen LogP contribution in [0, 0.1) is 0 Å². The number of anilines is 1. The first-order valence-corrected chi connectivity index (χ1v) is 6.55. The number of nitrogens with two attached hydrogens (primary N) is 1. The van der Waals surface area contributed by atoms with Crippen LogP contribution < -0.4 is 5.73 Å². The van der Waals surface area contributed by atoms with Gasteiger partial charge in [-0.15, -0.1) is 11.3 Å². The Morgan fingerprint density at radius 1 is 1.33 bits per heavy atom. The number of benzene rings is 1. The summed E-state index contributed by atoms with van der Waals surface area (Å²) in [6.45, 7) is 0. The van der Waals surface area contributed by atoms with Crippen molar-refractivity contribution in [1.29, 1.82) is 0 Å². The van der Waals surface area contributed by atoms with Crippen molar-refractivity contribution >= 4 is 22.0 Å². The molecule has 3 aromatic rings. The number of nitrogen functional groups attached to an aromatic ring is 1. The van der Waals surface area contributed by atoms with Gasteiger partial charge in [-0.05, 0) is 17.7 Å². The molecule has 0 fully saturated rings. The van der Waals surface area contributed by atoms with Crippen LogP contribution >= 0.6 is 11.3 Å². The molecule has 3 N–H and O–H groups in total. The number of imidazole rings is 1. The van der Waals surface area contributed by atoms with Crippen LogP contribution in [0.2, 0.25) is 0 Å². The lowest BCUT2D eigenvalue weighted by Gasteiger charge is -2.09. The molecule has 0 aliphatic heterocycles. The molecule has 1 atom stereocenters. The van der Waals surface area contributed by atoms with E-state index >= 15 is 0 Å². The van der Waals surface area contributed by atoms with Crippen LogP contribution in [0.4, 0.5) is 5.69 Å². The van der Waals surface area contributed by atoms with Crippen LogP contribution in [-0.2, 0) is 6.42 Å². The van der Waals surface area contributed by atoms with Crippen molar-refractivity contribution in [3.8, 4) is 0 Å². The molecule has 18 heavy (non-hydrogen) atoms. The van der Waals surface area contributed by atoms with Crippen molar-refractivity contribution in [3.05, 3.63) is 53.3 Å². The number of rotatable bonds is 3. The molecule has 1 aromatic carbocycles. The van der Waals surface area contributed by atoms with Crippen molar-refractivity contribution in [3.63, 3.8) is 0 Å². The van der Waals surface area contributed by atoms with E-state index in [9.17, 15) is 5.11 Å². The van der Waals surface area contributed by atoms with Gasteiger partial charge in [0.1, 0.15) is 0 Å². The maximum absolute atomic E-state index is 10.1. The Morgan fingerprint density at radius 3 is 2.83 bits per heavy atom. The van der Waals surface area contributed by atoms with Gasteiger partial charge in [0.15, 0.2) is 4.96 Å². The summed E-state index contributed by atoms with van der Waals surface area (Å²) in [5, 5.41) is 12.1. The van der Waals surface area contributed by atoms with E-state index in [4.69, 9.17) is 5.73 Å². The molecule has 0 spiro atoms. The van der Waals surface area contributed by atoms with E-state index in [-0.39, 0.29) is 0 Å². The monoisotopic (exact) mass is 259 g/mol. The second kappa shape index (κ2) is 4.44. The number of thiazole rings is 1. The largest absolute Gasteiger partial charge is 0.399 e. The zero-order chi connectivity index (χ0) is 12.5. The fraction of sp³-hybridized carbons (Fsp3) is 0.154. The maximum atomic E-state index is 10.1. The molecular formula is C13H13N3OS. The number of hydrogen-bond donors (Lipinski definition) is 2. The zero-order valence-corrected chi connectivity index (χ0v) is 10.5. The fourth-order valence-corrected chi connectivity index (χ4v) is 2.63. The van der Waals surface area contributed by atoms with E-state index in [0.717, 1.165) is 16.2 Å². The average Bonchev–Trinajstić information content (AvgIpc) is 2.90. The van der Waals surface area contributed by atoms with Crippen LogP contribution in [0.25, 0.3) is 4.96 Å². The number of fused-ring (bicyclic) bond motifs is 1. The molecule has 3 rings (SSSR count). The molecular weight excluding hydrogens is 246 g/mol. The molecule has 1 unspecified atom stereocenters. The topological polar surface area (TPSA) is 63.5 Å². The third kappa shape index (κ3) is 2.10. The van der Waals surface area contributed by atoms with Gasteiger partial charge in [0.05, 0.1) is 11.8 Å². The van der Waals surface area contributed by atoms with Crippen LogP contribution in [-0.4, -0.2) is 14.5 Å². The van der Waals surface area contributed by atoms with Crippen molar-refractivity contribution in [2.75, 3.05) is 5.73 Å². The highest BCUT2D eigenvalue weighted by Crippen LogP contribution is 2.20. The first-order chi connectivity index (χ1) is 8.72. The lowest BCUT2D eigenvalue weighted by molar-refractivity contribution is 0.177. The van der Waals surface area contributed by atoms with Gasteiger partial charge in [0.25, 0.3) is 0 Å². The second-order valence-corrected chi connectivity index (χ2v) is 5.08. The van der Waals surface area contributed by atoms with E-state index in [0.29, 0.717) is 12.1 Å². The number of aliphatic hydroxyl groups is 1. The molecule has 0 bridgehead atoms. The average molecular weight is 259 g/mol. The molecule has 0 aliphatic rings. The second-order valence-electron chi connectivity index (χ2n) is 4.21. The summed E-state index contributed by atoms with van der Waals surface area (Å²) in [6.07, 6.45) is 3.88. The van der Waals surface area contributed by atoms with Gasteiger partial charge in [-0.2, -0.15) is 0 Å². The van der Waals surface area contributed by atoms with E-state index in [1.165, 1.54) is 0 Å². The first-order valence-electron chi connectivity index (χ1n) is 5.67. The highest BCUT2D eigenvalue weighted by atomic mass is 32.1. The Hall–Kier alpha value is -1.85. The highest BCUT2D eigenvalue weighted by molar-refractivity contribution is 7.15. The number of nitrogens with zero attached hydrogens (tertiary/aromatic N) is 2. The van der Waals surface area contributed by atoms with E-state index in [2.05, 4.69) is 4.98 Å². The SMILES string of the molecule is Nc1ccc(C(O)Cc2cn3ccsc3n2)cc1. The summed E-state index contributed by atoms with van der Waals surface area (Å²) in [5.74, 6) is 0. The van der Waals surface area contributed by atoms with Crippen molar-refractivity contribution < 1.29 is 5.11 Å². The molecule has 5 heteroatoms. The van der Waals surface area contributed by atoms with Crippen LogP contribution in [0.15, 0.2) is 42.0 Å². The molecule has 92 valence electrons. The van der Waals surface area contributed by atoms with E-state index < -0.39 is 6.10 Å². The summed E-state index contributed by atoms with van der Waals surface area (Å²) >= 11 is 1.59. The molecule has 0 amide bonds. The zero-order valence-electron chi connectivity index (χ0n) is 9.65. The smallest absolute Gasteiger partial charge is 0.193 e. The molecule has 0 saturated heterocycles.